The molecular formula is C21H28N4O2S. The minimum absolute atomic E-state index is 0.0791. The van der Waals surface area contributed by atoms with E-state index in [1.165, 1.54) is 24.2 Å². The standard InChI is InChI=1S/C21H28N4O2S/c1-14-5-4-8-25(11-14)12-18-13-28-21(23-18)24-19(26)10-22-20(27)17-7-6-15(2)16(3)9-17/h6-7,9,13-14H,4-5,8,10-12H2,1-3H3,(H,22,27)(H,23,24,26). The molecule has 1 aromatic carbocycles. The second-order valence-electron chi connectivity index (χ2n) is 7.66. The van der Waals surface area contributed by atoms with Crippen LogP contribution in [0.25, 0.3) is 0 Å². The van der Waals surface area contributed by atoms with Crippen molar-refractivity contribution in [3.63, 3.8) is 0 Å². The number of aryl methyl sites for hydroxylation is 2. The summed E-state index contributed by atoms with van der Waals surface area (Å²) in [7, 11) is 0. The molecule has 0 spiro atoms. The molecule has 1 unspecified atom stereocenters. The van der Waals surface area contributed by atoms with Crippen LogP contribution in [0.2, 0.25) is 0 Å². The van der Waals surface area contributed by atoms with Crippen LogP contribution in [-0.4, -0.2) is 41.3 Å². The number of likely N-dealkylation sites (tertiary alicyclic amines) is 1. The van der Waals surface area contributed by atoms with Gasteiger partial charge in [-0.1, -0.05) is 13.0 Å². The maximum atomic E-state index is 12.2. The van der Waals surface area contributed by atoms with Gasteiger partial charge in [-0.3, -0.25) is 14.5 Å². The lowest BCUT2D eigenvalue weighted by Gasteiger charge is -2.30. The largest absolute Gasteiger partial charge is 0.343 e. The average molecular weight is 401 g/mol. The Morgan fingerprint density at radius 3 is 2.86 bits per heavy atom. The minimum Gasteiger partial charge on any atom is -0.343 e. The minimum atomic E-state index is -0.273. The van der Waals surface area contributed by atoms with Crippen molar-refractivity contribution < 1.29 is 9.59 Å². The second kappa shape index (κ2) is 9.30. The van der Waals surface area contributed by atoms with Gasteiger partial charge in [0.1, 0.15) is 0 Å². The fourth-order valence-electron chi connectivity index (χ4n) is 3.41. The van der Waals surface area contributed by atoms with Crippen LogP contribution in [0.5, 0.6) is 0 Å². The lowest BCUT2D eigenvalue weighted by Crippen LogP contribution is -2.34. The number of thiazole rings is 1. The van der Waals surface area contributed by atoms with Crippen molar-refractivity contribution in [3.8, 4) is 0 Å². The van der Waals surface area contributed by atoms with Crippen molar-refractivity contribution in [2.75, 3.05) is 25.0 Å². The van der Waals surface area contributed by atoms with Crippen LogP contribution < -0.4 is 10.6 Å². The third-order valence-electron chi connectivity index (χ3n) is 5.10. The molecule has 0 aliphatic carbocycles. The van der Waals surface area contributed by atoms with E-state index in [0.717, 1.165) is 42.4 Å². The van der Waals surface area contributed by atoms with Crippen LogP contribution in [0.4, 0.5) is 5.13 Å². The normalized spacial score (nSPS) is 17.3. The van der Waals surface area contributed by atoms with E-state index < -0.39 is 0 Å². The smallest absolute Gasteiger partial charge is 0.251 e. The average Bonchev–Trinajstić information content (AvgIpc) is 3.08. The summed E-state index contributed by atoms with van der Waals surface area (Å²) in [6.45, 7) is 9.19. The van der Waals surface area contributed by atoms with Gasteiger partial charge < -0.3 is 10.6 Å². The number of nitrogens with zero attached hydrogens (tertiary/aromatic N) is 2. The van der Waals surface area contributed by atoms with Gasteiger partial charge in [-0.2, -0.15) is 0 Å². The summed E-state index contributed by atoms with van der Waals surface area (Å²) in [6.07, 6.45) is 2.53. The van der Waals surface area contributed by atoms with Crippen molar-refractivity contribution in [1.29, 1.82) is 0 Å². The van der Waals surface area contributed by atoms with Gasteiger partial charge in [0.25, 0.3) is 5.91 Å². The van der Waals surface area contributed by atoms with Crippen LogP contribution in [0.1, 0.15) is 46.9 Å². The van der Waals surface area contributed by atoms with Crippen LogP contribution in [-0.2, 0) is 11.3 Å². The van der Waals surface area contributed by atoms with E-state index in [-0.39, 0.29) is 18.4 Å². The summed E-state index contributed by atoms with van der Waals surface area (Å²) in [5, 5.41) is 7.99. The summed E-state index contributed by atoms with van der Waals surface area (Å²) in [5.41, 5.74) is 3.72. The van der Waals surface area contributed by atoms with Crippen LogP contribution >= 0.6 is 11.3 Å². The van der Waals surface area contributed by atoms with E-state index >= 15 is 0 Å². The molecule has 2 amide bonds. The van der Waals surface area contributed by atoms with Crippen molar-refractivity contribution in [3.05, 3.63) is 46.0 Å². The number of carbonyl (C=O) groups is 2. The predicted octanol–water partition coefficient (Wildman–Crippen LogP) is 3.36. The highest BCUT2D eigenvalue weighted by Crippen LogP contribution is 2.20. The van der Waals surface area contributed by atoms with Gasteiger partial charge in [0.2, 0.25) is 5.91 Å². The number of piperidine rings is 1. The monoisotopic (exact) mass is 400 g/mol. The topological polar surface area (TPSA) is 74.3 Å². The van der Waals surface area contributed by atoms with Crippen molar-refractivity contribution >= 4 is 28.3 Å². The lowest BCUT2D eigenvalue weighted by atomic mass is 10.0. The molecule has 2 heterocycles. The molecule has 28 heavy (non-hydrogen) atoms. The van der Waals surface area contributed by atoms with Gasteiger partial charge >= 0.3 is 0 Å². The number of anilines is 1. The first-order chi connectivity index (χ1) is 13.4. The number of rotatable bonds is 6. The summed E-state index contributed by atoms with van der Waals surface area (Å²) < 4.78 is 0. The van der Waals surface area contributed by atoms with Gasteiger partial charge in [-0.25, -0.2) is 4.98 Å². The fourth-order valence-corrected chi connectivity index (χ4v) is 4.12. The van der Waals surface area contributed by atoms with Crippen LogP contribution in [0, 0.1) is 19.8 Å². The molecule has 1 atom stereocenters. The van der Waals surface area contributed by atoms with E-state index in [2.05, 4.69) is 27.4 Å². The number of carbonyl (C=O) groups excluding carboxylic acids is 2. The maximum absolute atomic E-state index is 12.2. The molecule has 0 radical (unpaired) electrons. The van der Waals surface area contributed by atoms with Crippen molar-refractivity contribution in [1.82, 2.24) is 15.2 Å². The quantitative estimate of drug-likeness (QED) is 0.780. The Bertz CT molecular complexity index is 849. The van der Waals surface area contributed by atoms with Crippen LogP contribution in [0.3, 0.4) is 0 Å². The van der Waals surface area contributed by atoms with Gasteiger partial charge in [-0.15, -0.1) is 11.3 Å². The molecule has 1 fully saturated rings. The summed E-state index contributed by atoms with van der Waals surface area (Å²) in [6, 6.07) is 5.51. The summed E-state index contributed by atoms with van der Waals surface area (Å²) in [5.74, 6) is 0.203. The number of benzene rings is 1. The third kappa shape index (κ3) is 5.62. The molecule has 150 valence electrons. The predicted molar refractivity (Wildman–Crippen MR) is 113 cm³/mol. The zero-order valence-electron chi connectivity index (χ0n) is 16.7. The van der Waals surface area contributed by atoms with Gasteiger partial charge in [-0.05, 0) is 62.4 Å². The first kappa shape index (κ1) is 20.5. The number of amides is 2. The number of hydrogen-bond donors (Lipinski definition) is 2. The summed E-state index contributed by atoms with van der Waals surface area (Å²) >= 11 is 1.42. The fraction of sp³-hybridized carbons (Fsp3) is 0.476. The van der Waals surface area contributed by atoms with Gasteiger partial charge in [0, 0.05) is 24.0 Å². The lowest BCUT2D eigenvalue weighted by molar-refractivity contribution is -0.115. The first-order valence-corrected chi connectivity index (χ1v) is 10.6. The molecule has 1 aliphatic heterocycles. The molecule has 7 heteroatoms. The Morgan fingerprint density at radius 1 is 1.29 bits per heavy atom. The highest BCUT2D eigenvalue weighted by atomic mass is 32.1. The van der Waals surface area contributed by atoms with E-state index in [1.54, 1.807) is 6.07 Å². The van der Waals surface area contributed by atoms with E-state index in [4.69, 9.17) is 0 Å². The first-order valence-electron chi connectivity index (χ1n) is 9.73. The van der Waals surface area contributed by atoms with Crippen LogP contribution in [0.15, 0.2) is 23.6 Å². The molecule has 1 aromatic heterocycles. The second-order valence-corrected chi connectivity index (χ2v) is 8.51. The van der Waals surface area contributed by atoms with Crippen molar-refractivity contribution in [2.24, 2.45) is 5.92 Å². The molecule has 2 aromatic rings. The van der Waals surface area contributed by atoms with Gasteiger partial charge in [0.05, 0.1) is 12.2 Å². The zero-order valence-corrected chi connectivity index (χ0v) is 17.6. The molecule has 0 bridgehead atoms. The Morgan fingerprint density at radius 2 is 2.11 bits per heavy atom. The Kier molecular flexibility index (Phi) is 6.80. The molecule has 6 nitrogen and oxygen atoms in total. The number of aromatic nitrogens is 1. The number of hydrogen-bond acceptors (Lipinski definition) is 5. The molecular weight excluding hydrogens is 372 g/mol. The highest BCUT2D eigenvalue weighted by Gasteiger charge is 2.17. The molecule has 1 aliphatic rings. The Balaban J connectivity index is 1.46. The zero-order chi connectivity index (χ0) is 20.1. The molecule has 1 saturated heterocycles. The third-order valence-corrected chi connectivity index (χ3v) is 5.91. The SMILES string of the molecule is Cc1ccc(C(=O)NCC(=O)Nc2nc(CN3CCCC(C)C3)cs2)cc1C. The molecule has 3 rings (SSSR count). The number of nitrogens with one attached hydrogen (secondary N) is 2. The molecule has 2 N–H and O–H groups in total. The summed E-state index contributed by atoms with van der Waals surface area (Å²) in [4.78, 5) is 31.3. The van der Waals surface area contributed by atoms with Gasteiger partial charge in [0.15, 0.2) is 5.13 Å². The van der Waals surface area contributed by atoms with E-state index in [9.17, 15) is 9.59 Å². The Hall–Kier alpha value is -2.25. The highest BCUT2D eigenvalue weighted by molar-refractivity contribution is 7.13. The van der Waals surface area contributed by atoms with E-state index in [1.807, 2.05) is 31.4 Å². The maximum Gasteiger partial charge on any atom is 0.251 e. The Labute approximate surface area is 170 Å². The van der Waals surface area contributed by atoms with E-state index in [0.29, 0.717) is 10.7 Å². The van der Waals surface area contributed by atoms with Crippen molar-refractivity contribution in [2.45, 2.75) is 40.2 Å². The molecule has 0 saturated carbocycles.